The molecular formula is C30H41ClN6O6S. The van der Waals surface area contributed by atoms with Gasteiger partial charge in [0.1, 0.15) is 17.0 Å². The maximum Gasteiger partial charge on any atom is 0.410 e. The number of nitrogens with one attached hydrogen (secondary N) is 2. The van der Waals surface area contributed by atoms with E-state index in [2.05, 4.69) is 25.6 Å². The predicted molar refractivity (Wildman–Crippen MR) is 172 cm³/mol. The van der Waals surface area contributed by atoms with Crippen LogP contribution in [0.1, 0.15) is 76.0 Å². The van der Waals surface area contributed by atoms with E-state index in [-0.39, 0.29) is 41.0 Å². The molecule has 2 aromatic heterocycles. The molecule has 3 aromatic rings. The van der Waals surface area contributed by atoms with Gasteiger partial charge in [-0.2, -0.15) is 15.0 Å². The topological polar surface area (TPSA) is 137 Å². The second-order valence-corrected chi connectivity index (χ2v) is 12.7. The van der Waals surface area contributed by atoms with Crippen LogP contribution in [0.15, 0.2) is 17.5 Å². The summed E-state index contributed by atoms with van der Waals surface area (Å²) in [5, 5.41) is 8.36. The molecule has 3 rings (SSSR count). The largest absolute Gasteiger partial charge is 0.479 e. The van der Waals surface area contributed by atoms with Crippen LogP contribution in [0, 0.1) is 6.92 Å². The lowest BCUT2D eigenvalue weighted by Gasteiger charge is -2.30. The van der Waals surface area contributed by atoms with Crippen LogP contribution in [-0.4, -0.2) is 70.8 Å². The third kappa shape index (κ3) is 9.08. The average Bonchev–Trinajstić information content (AvgIpc) is 3.40. The molecule has 0 aliphatic heterocycles. The summed E-state index contributed by atoms with van der Waals surface area (Å²) in [7, 11) is 2.83. The van der Waals surface area contributed by atoms with Gasteiger partial charge < -0.3 is 34.5 Å². The Morgan fingerprint density at radius 3 is 2.23 bits per heavy atom. The number of ether oxygens (including phenoxy) is 4. The molecule has 0 aliphatic carbocycles. The maximum absolute atomic E-state index is 13.2. The fourth-order valence-electron chi connectivity index (χ4n) is 3.97. The lowest BCUT2D eigenvalue weighted by Crippen LogP contribution is -2.43. The molecule has 1 aromatic carbocycles. The molecule has 0 spiro atoms. The Hall–Kier alpha value is -3.84. The molecule has 0 radical (unpaired) electrons. The second-order valence-electron chi connectivity index (χ2n) is 11.5. The van der Waals surface area contributed by atoms with Crippen molar-refractivity contribution in [3.63, 3.8) is 0 Å². The number of thiazole rings is 1. The van der Waals surface area contributed by atoms with Gasteiger partial charge >= 0.3 is 6.09 Å². The number of benzene rings is 1. The van der Waals surface area contributed by atoms with E-state index in [0.29, 0.717) is 29.1 Å². The highest BCUT2D eigenvalue weighted by Crippen LogP contribution is 2.36. The molecule has 0 saturated heterocycles. The van der Waals surface area contributed by atoms with Gasteiger partial charge in [0, 0.05) is 29.5 Å². The van der Waals surface area contributed by atoms with Gasteiger partial charge in [0.05, 0.1) is 14.2 Å². The SMILES string of the molecule is COc1nc(NCCN(C(=O)OC(C)(C)C)C(C)C)nc(OC)c1NC(=O)c1csc(Oc2cc(C(C)C)c(Cl)cc2C)n1. The minimum absolute atomic E-state index is 0.0743. The number of hydrogen-bond acceptors (Lipinski definition) is 11. The Labute approximate surface area is 267 Å². The van der Waals surface area contributed by atoms with E-state index in [1.807, 2.05) is 67.5 Å². The molecule has 0 fully saturated rings. The highest BCUT2D eigenvalue weighted by molar-refractivity contribution is 7.11. The van der Waals surface area contributed by atoms with Crippen molar-refractivity contribution in [2.24, 2.45) is 0 Å². The van der Waals surface area contributed by atoms with Crippen LogP contribution in [0.3, 0.4) is 0 Å². The van der Waals surface area contributed by atoms with Crippen LogP contribution in [0.4, 0.5) is 16.4 Å². The number of rotatable bonds is 12. The first-order valence-electron chi connectivity index (χ1n) is 14.1. The number of carbonyl (C=O) groups is 2. The molecule has 2 heterocycles. The van der Waals surface area contributed by atoms with E-state index in [4.69, 9.17) is 30.5 Å². The molecule has 0 atom stereocenters. The van der Waals surface area contributed by atoms with Gasteiger partial charge in [-0.15, -0.1) is 0 Å². The number of amides is 2. The zero-order chi connectivity index (χ0) is 32.8. The van der Waals surface area contributed by atoms with E-state index >= 15 is 0 Å². The first-order chi connectivity index (χ1) is 20.6. The third-order valence-corrected chi connectivity index (χ3v) is 7.23. The van der Waals surface area contributed by atoms with Crippen molar-refractivity contribution < 1.29 is 28.5 Å². The lowest BCUT2D eigenvalue weighted by molar-refractivity contribution is 0.0200. The maximum atomic E-state index is 13.2. The summed E-state index contributed by atoms with van der Waals surface area (Å²) in [4.78, 5) is 40.5. The number of halogens is 1. The van der Waals surface area contributed by atoms with Gasteiger partial charge in [0.25, 0.3) is 11.1 Å². The molecule has 14 heteroatoms. The number of carbonyl (C=O) groups excluding carboxylic acids is 2. The van der Waals surface area contributed by atoms with Gasteiger partial charge in [0.2, 0.25) is 17.7 Å². The van der Waals surface area contributed by atoms with Crippen LogP contribution >= 0.6 is 22.9 Å². The summed E-state index contributed by atoms with van der Waals surface area (Å²) < 4.78 is 22.4. The minimum Gasteiger partial charge on any atom is -0.479 e. The van der Waals surface area contributed by atoms with Crippen molar-refractivity contribution in [3.8, 4) is 22.7 Å². The fourth-order valence-corrected chi connectivity index (χ4v) is 5.07. The molecule has 0 unspecified atom stereocenters. The van der Waals surface area contributed by atoms with Crippen LogP contribution in [0.25, 0.3) is 0 Å². The molecule has 2 N–H and O–H groups in total. The van der Waals surface area contributed by atoms with Gasteiger partial charge in [-0.1, -0.05) is 36.8 Å². The average molecular weight is 649 g/mol. The van der Waals surface area contributed by atoms with Gasteiger partial charge in [-0.3, -0.25) is 4.79 Å². The number of anilines is 2. The van der Waals surface area contributed by atoms with Gasteiger partial charge in [-0.05, 0) is 70.7 Å². The summed E-state index contributed by atoms with van der Waals surface area (Å²) in [6.45, 7) is 15.9. The molecule has 0 bridgehead atoms. The van der Waals surface area contributed by atoms with Crippen molar-refractivity contribution >= 4 is 46.6 Å². The molecule has 12 nitrogen and oxygen atoms in total. The highest BCUT2D eigenvalue weighted by atomic mass is 35.5. The van der Waals surface area contributed by atoms with Gasteiger partial charge in [0.15, 0.2) is 5.69 Å². The Bertz CT molecular complexity index is 1450. The Morgan fingerprint density at radius 1 is 1.05 bits per heavy atom. The first kappa shape index (κ1) is 34.6. The number of aryl methyl sites for hydroxylation is 1. The summed E-state index contributed by atoms with van der Waals surface area (Å²) in [5.41, 5.74) is 1.46. The Morgan fingerprint density at radius 2 is 1.68 bits per heavy atom. The van der Waals surface area contributed by atoms with Gasteiger partial charge in [-0.25, -0.2) is 4.79 Å². The van der Waals surface area contributed by atoms with Crippen molar-refractivity contribution in [2.45, 2.75) is 73.0 Å². The second kappa shape index (κ2) is 14.8. The van der Waals surface area contributed by atoms with Crippen molar-refractivity contribution in [1.82, 2.24) is 19.9 Å². The van der Waals surface area contributed by atoms with E-state index in [1.165, 1.54) is 25.6 Å². The number of nitrogens with zero attached hydrogens (tertiary/aromatic N) is 4. The van der Waals surface area contributed by atoms with Crippen LogP contribution in [0.5, 0.6) is 22.7 Å². The smallest absolute Gasteiger partial charge is 0.410 e. The van der Waals surface area contributed by atoms with E-state index in [9.17, 15) is 9.59 Å². The van der Waals surface area contributed by atoms with Crippen molar-refractivity contribution in [2.75, 3.05) is 37.9 Å². The molecule has 0 aliphatic rings. The summed E-state index contributed by atoms with van der Waals surface area (Å²) in [6, 6.07) is 3.66. The van der Waals surface area contributed by atoms with Crippen molar-refractivity contribution in [3.05, 3.63) is 39.4 Å². The standard InChI is InChI=1S/C30H41ClN6O6S/c1-16(2)19-14-22(18(5)13-20(19)31)42-28-33-21(15-44-28)24(38)34-23-25(40-9)35-27(36-26(23)41-10)32-11-12-37(17(3)4)29(39)43-30(6,7)8/h13-17H,11-12H2,1-10H3,(H,34,38)(H,32,35,36). The van der Waals surface area contributed by atoms with Crippen LogP contribution < -0.4 is 24.8 Å². The van der Waals surface area contributed by atoms with Crippen molar-refractivity contribution in [1.29, 1.82) is 0 Å². The van der Waals surface area contributed by atoms with Crippen LogP contribution in [0.2, 0.25) is 5.02 Å². The Kier molecular flexibility index (Phi) is 11.6. The summed E-state index contributed by atoms with van der Waals surface area (Å²) in [6.07, 6.45) is -0.414. The highest BCUT2D eigenvalue weighted by Gasteiger charge is 2.25. The molecule has 44 heavy (non-hydrogen) atoms. The monoisotopic (exact) mass is 648 g/mol. The zero-order valence-electron chi connectivity index (χ0n) is 26.8. The van der Waals surface area contributed by atoms with E-state index in [0.717, 1.165) is 11.1 Å². The van der Waals surface area contributed by atoms with E-state index in [1.54, 1.807) is 10.3 Å². The lowest BCUT2D eigenvalue weighted by atomic mass is 10.0. The molecule has 0 saturated carbocycles. The fraction of sp³-hybridized carbons (Fsp3) is 0.500. The zero-order valence-corrected chi connectivity index (χ0v) is 28.4. The molecule has 2 amide bonds. The quantitative estimate of drug-likeness (QED) is 0.208. The minimum atomic E-state index is -0.609. The number of aromatic nitrogens is 3. The Balaban J connectivity index is 1.72. The first-order valence-corrected chi connectivity index (χ1v) is 15.4. The molecule has 240 valence electrons. The number of methoxy groups -OCH3 is 2. The predicted octanol–water partition coefficient (Wildman–Crippen LogP) is 7.14. The number of hydrogen-bond donors (Lipinski definition) is 2. The molecular weight excluding hydrogens is 608 g/mol. The van der Waals surface area contributed by atoms with Crippen LogP contribution in [-0.2, 0) is 4.74 Å². The summed E-state index contributed by atoms with van der Waals surface area (Å²) >= 11 is 7.57. The third-order valence-electron chi connectivity index (χ3n) is 6.18. The summed E-state index contributed by atoms with van der Waals surface area (Å²) in [5.74, 6) is 0.631. The van der Waals surface area contributed by atoms with E-state index < -0.39 is 17.6 Å². The normalized spacial score (nSPS) is 11.4.